The summed E-state index contributed by atoms with van der Waals surface area (Å²) in [5.74, 6) is 10.6. The third kappa shape index (κ3) is 5.72. The van der Waals surface area contributed by atoms with Crippen LogP contribution in [0.3, 0.4) is 0 Å². The fourth-order valence-electron chi connectivity index (χ4n) is 15.8. The van der Waals surface area contributed by atoms with Gasteiger partial charge in [-0.25, -0.2) is 0 Å². The van der Waals surface area contributed by atoms with E-state index >= 15 is 0 Å². The Morgan fingerprint density at radius 3 is 1.43 bits per heavy atom. The zero-order valence-corrected chi connectivity index (χ0v) is 33.4. The number of hydrogen-bond acceptors (Lipinski definition) is 3. The summed E-state index contributed by atoms with van der Waals surface area (Å²) < 4.78 is 6.49. The molecule has 272 valence electrons. The van der Waals surface area contributed by atoms with Gasteiger partial charge in [0.15, 0.2) is 0 Å². The molecule has 0 aromatic carbocycles. The minimum Gasteiger partial charge on any atom is -0.360 e. The lowest BCUT2D eigenvalue weighted by molar-refractivity contribution is -0.0955. The third-order valence-corrected chi connectivity index (χ3v) is 20.9. The lowest BCUT2D eigenvalue weighted by Crippen LogP contribution is -2.52. The first-order valence-electron chi connectivity index (χ1n) is 21.0. The molecule has 12 unspecified atom stereocenters. The Labute approximate surface area is 310 Å². The monoisotopic (exact) mass is 702 g/mol. The summed E-state index contributed by atoms with van der Waals surface area (Å²) in [7, 11) is 0. The quantitative estimate of drug-likeness (QED) is 0.127. The highest BCUT2D eigenvalue weighted by atomic mass is 32.2. The lowest BCUT2D eigenvalue weighted by atomic mass is 9.45. The van der Waals surface area contributed by atoms with E-state index in [4.69, 9.17) is 4.74 Å². The highest BCUT2D eigenvalue weighted by Crippen LogP contribution is 2.69. The second-order valence-corrected chi connectivity index (χ2v) is 22.0. The molecule has 0 N–H and O–H groups in total. The number of hydrogen-bond donors (Lipinski definition) is 0. The van der Waals surface area contributed by atoms with Gasteiger partial charge in [0, 0.05) is 10.5 Å². The summed E-state index contributed by atoms with van der Waals surface area (Å²) in [4.78, 5) is 0. The molecule has 3 heteroatoms. The van der Waals surface area contributed by atoms with E-state index in [1.807, 2.05) is 0 Å². The second kappa shape index (κ2) is 13.8. The van der Waals surface area contributed by atoms with Gasteiger partial charge in [0.2, 0.25) is 0 Å². The molecular formula is C46H70OS2. The molecule has 0 amide bonds. The normalized spacial score (nSPS) is 50.9. The van der Waals surface area contributed by atoms with Crippen LogP contribution in [0, 0.1) is 80.8 Å². The van der Waals surface area contributed by atoms with E-state index in [1.54, 1.807) is 0 Å². The van der Waals surface area contributed by atoms with Crippen LogP contribution in [0.1, 0.15) is 130 Å². The van der Waals surface area contributed by atoms with Crippen molar-refractivity contribution in [3.8, 4) is 0 Å². The van der Waals surface area contributed by atoms with Gasteiger partial charge in [-0.15, -0.1) is 36.7 Å². The first-order valence-corrected chi connectivity index (χ1v) is 23.1. The summed E-state index contributed by atoms with van der Waals surface area (Å²) >= 11 is 4.11. The molecule has 0 spiro atoms. The van der Waals surface area contributed by atoms with E-state index in [2.05, 4.69) is 101 Å². The molecule has 16 atom stereocenters. The van der Waals surface area contributed by atoms with E-state index < -0.39 is 0 Å². The van der Waals surface area contributed by atoms with E-state index in [1.165, 1.54) is 103 Å². The van der Waals surface area contributed by atoms with Crippen molar-refractivity contribution in [3.63, 3.8) is 0 Å². The summed E-state index contributed by atoms with van der Waals surface area (Å²) in [6.07, 6.45) is 37.3. The number of fused-ring (bicyclic) bond motifs is 10. The Morgan fingerprint density at radius 1 is 0.571 bits per heavy atom. The van der Waals surface area contributed by atoms with Gasteiger partial charge in [0.1, 0.15) is 0 Å². The number of rotatable bonds is 10. The number of allylic oxidation sites excluding steroid dienone is 4. The topological polar surface area (TPSA) is 9.23 Å². The first kappa shape index (κ1) is 35.6. The molecule has 6 saturated carbocycles. The molecule has 8 aliphatic carbocycles. The minimum atomic E-state index is 0.473. The number of thioether (sulfide) groups is 2. The summed E-state index contributed by atoms with van der Waals surface area (Å²) in [5.41, 5.74) is 2.06. The van der Waals surface area contributed by atoms with Crippen molar-refractivity contribution in [1.82, 2.24) is 0 Å². The largest absolute Gasteiger partial charge is 0.360 e. The van der Waals surface area contributed by atoms with Crippen LogP contribution in [0.5, 0.6) is 0 Å². The molecule has 8 aliphatic rings. The van der Waals surface area contributed by atoms with Crippen molar-refractivity contribution in [2.45, 2.75) is 141 Å². The average Bonchev–Trinajstić information content (AvgIpc) is 3.64. The molecule has 0 bridgehead atoms. The molecule has 0 heterocycles. The summed E-state index contributed by atoms with van der Waals surface area (Å²) in [6.45, 7) is 19.6. The molecule has 0 aromatic heterocycles. The Hall–Kier alpha value is -0.380. The van der Waals surface area contributed by atoms with Crippen LogP contribution in [-0.2, 0) is 4.74 Å². The van der Waals surface area contributed by atoms with E-state index in [-0.39, 0.29) is 0 Å². The van der Waals surface area contributed by atoms with Crippen molar-refractivity contribution in [2.75, 3.05) is 11.9 Å². The summed E-state index contributed by atoms with van der Waals surface area (Å²) in [6, 6.07) is 0. The van der Waals surface area contributed by atoms with Crippen LogP contribution in [-0.4, -0.2) is 22.4 Å². The predicted molar refractivity (Wildman–Crippen MR) is 213 cm³/mol. The van der Waals surface area contributed by atoms with Gasteiger partial charge in [0.05, 0.1) is 11.9 Å². The van der Waals surface area contributed by atoms with Gasteiger partial charge in [-0.05, 0) is 184 Å². The number of ether oxygens (including phenoxy) is 1. The Bertz CT molecular complexity index is 1190. The fourth-order valence-corrected chi connectivity index (χ4v) is 18.2. The maximum atomic E-state index is 6.49. The molecule has 49 heavy (non-hydrogen) atoms. The van der Waals surface area contributed by atoms with Crippen LogP contribution in [0.25, 0.3) is 0 Å². The Kier molecular flexibility index (Phi) is 10.0. The van der Waals surface area contributed by atoms with Crippen molar-refractivity contribution >= 4 is 23.5 Å². The summed E-state index contributed by atoms with van der Waals surface area (Å²) in [5, 5.41) is 1.02. The van der Waals surface area contributed by atoms with Gasteiger partial charge in [-0.2, -0.15) is 0 Å². The smallest absolute Gasteiger partial charge is 0.0938 e. The van der Waals surface area contributed by atoms with Crippen LogP contribution >= 0.6 is 23.5 Å². The lowest BCUT2D eigenvalue weighted by Gasteiger charge is -2.60. The Morgan fingerprint density at radius 2 is 1.00 bits per heavy atom. The predicted octanol–water partition coefficient (Wildman–Crippen LogP) is 13.1. The maximum absolute atomic E-state index is 6.49. The molecule has 0 aromatic rings. The zero-order valence-electron chi connectivity index (χ0n) is 31.8. The highest BCUT2D eigenvalue weighted by molar-refractivity contribution is 8.00. The standard InChI is InChI=1S/C46H70OS2/c1-7-41(39-21-19-35-33-17-15-31-13-9-11-25-43(31,3)37(33)23-27-45(35,39)5)48-29-47-30-49-42(8-2)40-22-20-36-34-18-16-32-14-10-12-26-44(32,4)38(34)24-28-46(36,40)6/h7-12,31-42H,1-2,13-30H2,3-6H3/t31?,32?,33?,34?,35?,36?,37?,38?,39?,40?,41?,42?,43-,44-,45-,46-/m0/s1. The van der Waals surface area contributed by atoms with Crippen LogP contribution in [0.4, 0.5) is 0 Å². The zero-order chi connectivity index (χ0) is 34.0. The highest BCUT2D eigenvalue weighted by Gasteiger charge is 2.61. The molecule has 0 aliphatic heterocycles. The van der Waals surface area contributed by atoms with Crippen LogP contribution in [0.2, 0.25) is 0 Å². The van der Waals surface area contributed by atoms with E-state index in [0.717, 1.165) is 71.1 Å². The first-order chi connectivity index (χ1) is 23.7. The van der Waals surface area contributed by atoms with Crippen LogP contribution in [0.15, 0.2) is 49.6 Å². The second-order valence-electron chi connectivity index (χ2n) is 19.8. The molecule has 6 fully saturated rings. The third-order valence-electron chi connectivity index (χ3n) is 18.5. The molecular weight excluding hydrogens is 633 g/mol. The van der Waals surface area contributed by atoms with Gasteiger partial charge >= 0.3 is 0 Å². The molecule has 0 saturated heterocycles. The van der Waals surface area contributed by atoms with Crippen molar-refractivity contribution in [2.24, 2.45) is 80.8 Å². The van der Waals surface area contributed by atoms with Gasteiger partial charge in [-0.3, -0.25) is 0 Å². The maximum Gasteiger partial charge on any atom is 0.0938 e. The SMILES string of the molecule is C=CC(SCOCSC(C=C)C1CCC2C3CCC4CC=CC[C@]4(C)C3CC[C@]12C)C1CCC2C3CCC4CC=CC[C@]4(C)C3CC[C@]12C. The average molecular weight is 703 g/mol. The molecule has 8 rings (SSSR count). The van der Waals surface area contributed by atoms with E-state index in [9.17, 15) is 0 Å². The van der Waals surface area contributed by atoms with Crippen molar-refractivity contribution in [1.29, 1.82) is 0 Å². The molecule has 0 radical (unpaired) electrons. The van der Waals surface area contributed by atoms with Gasteiger partial charge < -0.3 is 4.74 Å². The minimum absolute atomic E-state index is 0.473. The van der Waals surface area contributed by atoms with Gasteiger partial charge in [-0.1, -0.05) is 64.2 Å². The van der Waals surface area contributed by atoms with E-state index in [0.29, 0.717) is 32.2 Å². The van der Waals surface area contributed by atoms with Crippen molar-refractivity contribution < 1.29 is 4.74 Å². The fraction of sp³-hybridized carbons (Fsp3) is 0.826. The van der Waals surface area contributed by atoms with Gasteiger partial charge in [0.25, 0.3) is 0 Å². The van der Waals surface area contributed by atoms with Crippen molar-refractivity contribution in [3.05, 3.63) is 49.6 Å². The molecule has 1 nitrogen and oxygen atoms in total. The van der Waals surface area contributed by atoms with Crippen LogP contribution < -0.4 is 0 Å². The Balaban J connectivity index is 0.841.